The summed E-state index contributed by atoms with van der Waals surface area (Å²) in [4.78, 5) is 4.64. The van der Waals surface area contributed by atoms with Gasteiger partial charge in [-0.05, 0) is 65.2 Å². The average molecular weight is 261 g/mol. The van der Waals surface area contributed by atoms with Gasteiger partial charge in [0, 0.05) is 35.6 Å². The first kappa shape index (κ1) is 14.5. The monoisotopic (exact) mass is 261 g/mol. The van der Waals surface area contributed by atoms with Gasteiger partial charge in [-0.1, -0.05) is 0 Å². The first-order valence-electron chi connectivity index (χ1n) is 7.22. The molecule has 3 heteroatoms. The van der Waals surface area contributed by atoms with Crippen molar-refractivity contribution in [3.8, 4) is 0 Å². The van der Waals surface area contributed by atoms with E-state index >= 15 is 0 Å². The molecule has 1 aliphatic heterocycles. The Hall–Kier alpha value is -0.930. The molecule has 0 aliphatic carbocycles. The van der Waals surface area contributed by atoms with Crippen molar-refractivity contribution in [1.82, 2.24) is 15.6 Å². The summed E-state index contributed by atoms with van der Waals surface area (Å²) in [5, 5.41) is 7.32. The van der Waals surface area contributed by atoms with Gasteiger partial charge in [0.25, 0.3) is 0 Å². The lowest BCUT2D eigenvalue weighted by Gasteiger charge is -2.45. The molecule has 1 aliphatic rings. The van der Waals surface area contributed by atoms with Crippen molar-refractivity contribution in [2.75, 3.05) is 13.1 Å². The number of nitrogens with zero attached hydrogens (tertiary/aromatic N) is 1. The number of hydrogen-bond donors (Lipinski definition) is 2. The predicted octanol–water partition coefficient (Wildman–Crippen LogP) is 2.36. The standard InChI is InChI=1S/C16H27N3/c1-12-8-13(2)18-14(9-12)6-7-16(5)11-17-10-15(3,4)19-16/h8-9,17,19H,6-7,10-11H2,1-5H3. The SMILES string of the molecule is Cc1cc(C)nc(CCC2(C)CNCC(C)(C)N2)c1. The van der Waals surface area contributed by atoms with E-state index in [1.54, 1.807) is 0 Å². The van der Waals surface area contributed by atoms with Crippen molar-refractivity contribution < 1.29 is 0 Å². The molecule has 2 heterocycles. The molecule has 0 amide bonds. The van der Waals surface area contributed by atoms with Crippen LogP contribution >= 0.6 is 0 Å². The third-order valence-electron chi connectivity index (χ3n) is 3.81. The Balaban J connectivity index is 2.01. The molecule has 2 rings (SSSR count). The number of aryl methyl sites for hydroxylation is 3. The number of piperazine rings is 1. The summed E-state index contributed by atoms with van der Waals surface area (Å²) < 4.78 is 0. The van der Waals surface area contributed by atoms with Gasteiger partial charge in [0.15, 0.2) is 0 Å². The summed E-state index contributed by atoms with van der Waals surface area (Å²) in [7, 11) is 0. The van der Waals surface area contributed by atoms with Crippen LogP contribution in [-0.4, -0.2) is 29.2 Å². The van der Waals surface area contributed by atoms with E-state index in [4.69, 9.17) is 0 Å². The summed E-state index contributed by atoms with van der Waals surface area (Å²) in [6.45, 7) is 13.1. The van der Waals surface area contributed by atoms with Gasteiger partial charge in [-0.25, -0.2) is 0 Å². The molecule has 0 saturated carbocycles. The maximum absolute atomic E-state index is 4.64. The van der Waals surface area contributed by atoms with Crippen LogP contribution in [-0.2, 0) is 6.42 Å². The van der Waals surface area contributed by atoms with Gasteiger partial charge in [-0.3, -0.25) is 4.98 Å². The Morgan fingerprint density at radius 1 is 1.16 bits per heavy atom. The average Bonchev–Trinajstić information content (AvgIpc) is 2.23. The minimum absolute atomic E-state index is 0.154. The number of rotatable bonds is 3. The molecule has 3 nitrogen and oxygen atoms in total. The molecule has 1 atom stereocenters. The summed E-state index contributed by atoms with van der Waals surface area (Å²) in [6, 6.07) is 4.34. The van der Waals surface area contributed by atoms with E-state index in [0.717, 1.165) is 31.6 Å². The Morgan fingerprint density at radius 2 is 1.89 bits per heavy atom. The molecule has 1 aromatic heterocycles. The molecule has 1 aromatic rings. The number of pyridine rings is 1. The van der Waals surface area contributed by atoms with Crippen molar-refractivity contribution in [2.45, 2.75) is 58.5 Å². The van der Waals surface area contributed by atoms with Crippen LogP contribution in [0.3, 0.4) is 0 Å². The van der Waals surface area contributed by atoms with Gasteiger partial charge in [-0.15, -0.1) is 0 Å². The lowest BCUT2D eigenvalue weighted by molar-refractivity contribution is 0.176. The minimum Gasteiger partial charge on any atom is -0.313 e. The van der Waals surface area contributed by atoms with Gasteiger partial charge >= 0.3 is 0 Å². The first-order chi connectivity index (χ1) is 8.78. The third kappa shape index (κ3) is 4.02. The molecule has 0 aromatic carbocycles. The van der Waals surface area contributed by atoms with Crippen LogP contribution in [0.15, 0.2) is 12.1 Å². The Bertz CT molecular complexity index is 433. The van der Waals surface area contributed by atoms with Crippen LogP contribution in [0.25, 0.3) is 0 Å². The Kier molecular flexibility index (Phi) is 3.98. The van der Waals surface area contributed by atoms with Crippen molar-refractivity contribution in [3.05, 3.63) is 29.1 Å². The van der Waals surface area contributed by atoms with Crippen molar-refractivity contribution in [2.24, 2.45) is 0 Å². The van der Waals surface area contributed by atoms with Crippen molar-refractivity contribution >= 4 is 0 Å². The lowest BCUT2D eigenvalue weighted by atomic mass is 9.87. The number of aromatic nitrogens is 1. The smallest absolute Gasteiger partial charge is 0.0410 e. The molecule has 0 bridgehead atoms. The number of nitrogens with one attached hydrogen (secondary N) is 2. The van der Waals surface area contributed by atoms with Gasteiger partial charge in [0.05, 0.1) is 0 Å². The highest BCUT2D eigenvalue weighted by Gasteiger charge is 2.34. The largest absolute Gasteiger partial charge is 0.313 e. The van der Waals surface area contributed by atoms with Crippen molar-refractivity contribution in [3.63, 3.8) is 0 Å². The van der Waals surface area contributed by atoms with E-state index in [1.807, 2.05) is 0 Å². The maximum atomic E-state index is 4.64. The second kappa shape index (κ2) is 5.22. The highest BCUT2D eigenvalue weighted by atomic mass is 15.2. The van der Waals surface area contributed by atoms with Crippen LogP contribution in [0.5, 0.6) is 0 Å². The van der Waals surface area contributed by atoms with Crippen molar-refractivity contribution in [1.29, 1.82) is 0 Å². The molecule has 2 N–H and O–H groups in total. The maximum Gasteiger partial charge on any atom is 0.0410 e. The lowest BCUT2D eigenvalue weighted by Crippen LogP contribution is -2.67. The number of hydrogen-bond acceptors (Lipinski definition) is 3. The molecular weight excluding hydrogens is 234 g/mol. The fraction of sp³-hybridized carbons (Fsp3) is 0.688. The summed E-state index contributed by atoms with van der Waals surface area (Å²) in [5.74, 6) is 0. The normalized spacial score (nSPS) is 26.4. The fourth-order valence-corrected chi connectivity index (χ4v) is 3.16. The van der Waals surface area contributed by atoms with E-state index in [-0.39, 0.29) is 11.1 Å². The van der Waals surface area contributed by atoms with E-state index in [1.165, 1.54) is 11.3 Å². The van der Waals surface area contributed by atoms with Crippen LogP contribution in [0.4, 0.5) is 0 Å². The zero-order chi connectivity index (χ0) is 14.1. The molecule has 0 radical (unpaired) electrons. The highest BCUT2D eigenvalue weighted by Crippen LogP contribution is 2.21. The summed E-state index contributed by atoms with van der Waals surface area (Å²) in [5.41, 5.74) is 3.96. The van der Waals surface area contributed by atoms with Crippen LogP contribution in [0.2, 0.25) is 0 Å². The Labute approximate surface area is 117 Å². The molecular formula is C16H27N3. The second-order valence-corrected chi connectivity index (χ2v) is 6.95. The van der Waals surface area contributed by atoms with E-state index in [2.05, 4.69) is 62.4 Å². The van der Waals surface area contributed by atoms with Gasteiger partial charge in [-0.2, -0.15) is 0 Å². The summed E-state index contributed by atoms with van der Waals surface area (Å²) >= 11 is 0. The molecule has 106 valence electrons. The van der Waals surface area contributed by atoms with Crippen LogP contribution in [0, 0.1) is 13.8 Å². The highest BCUT2D eigenvalue weighted by molar-refractivity contribution is 5.20. The molecule has 0 spiro atoms. The zero-order valence-corrected chi connectivity index (χ0v) is 12.9. The molecule has 1 fully saturated rings. The van der Waals surface area contributed by atoms with Crippen LogP contribution in [0.1, 0.15) is 44.1 Å². The fourth-order valence-electron chi connectivity index (χ4n) is 3.16. The van der Waals surface area contributed by atoms with Gasteiger partial charge in [0.1, 0.15) is 0 Å². The Morgan fingerprint density at radius 3 is 2.53 bits per heavy atom. The summed E-state index contributed by atoms with van der Waals surface area (Å²) in [6.07, 6.45) is 2.14. The molecule has 1 saturated heterocycles. The van der Waals surface area contributed by atoms with Gasteiger partial charge in [0.2, 0.25) is 0 Å². The van der Waals surface area contributed by atoms with E-state index < -0.39 is 0 Å². The predicted molar refractivity (Wildman–Crippen MR) is 80.5 cm³/mol. The quantitative estimate of drug-likeness (QED) is 0.877. The van der Waals surface area contributed by atoms with E-state index in [9.17, 15) is 0 Å². The van der Waals surface area contributed by atoms with Crippen LogP contribution < -0.4 is 10.6 Å². The van der Waals surface area contributed by atoms with E-state index in [0.29, 0.717) is 0 Å². The first-order valence-corrected chi connectivity index (χ1v) is 7.22. The minimum atomic E-state index is 0.154. The zero-order valence-electron chi connectivity index (χ0n) is 12.9. The second-order valence-electron chi connectivity index (χ2n) is 6.95. The molecule has 1 unspecified atom stereocenters. The molecule has 19 heavy (non-hydrogen) atoms. The third-order valence-corrected chi connectivity index (χ3v) is 3.81. The van der Waals surface area contributed by atoms with Gasteiger partial charge < -0.3 is 10.6 Å². The topological polar surface area (TPSA) is 37.0 Å².